The number of carbonyl (C=O) groups is 1. The van der Waals surface area contributed by atoms with E-state index in [-0.39, 0.29) is 11.7 Å². The molecule has 2 aromatic rings. The van der Waals surface area contributed by atoms with Crippen LogP contribution in [0.5, 0.6) is 11.5 Å². The van der Waals surface area contributed by atoms with E-state index in [9.17, 15) is 9.90 Å². The molecule has 0 saturated heterocycles. The fourth-order valence-corrected chi connectivity index (χ4v) is 2.51. The number of hydrogen-bond acceptors (Lipinski definition) is 4. The molecule has 0 aromatic heterocycles. The molecule has 2 aromatic carbocycles. The van der Waals surface area contributed by atoms with Crippen molar-refractivity contribution in [1.29, 1.82) is 0 Å². The number of benzene rings is 2. The van der Waals surface area contributed by atoms with Crippen LogP contribution < -0.4 is 9.75 Å². The number of ether oxygens (including phenoxy) is 1. The maximum absolute atomic E-state index is 12.6. The molecule has 1 N–H and O–H groups in total. The third-order valence-corrected chi connectivity index (χ3v) is 3.82. The van der Waals surface area contributed by atoms with E-state index in [0.29, 0.717) is 17.0 Å². The molecule has 1 aliphatic heterocycles. The molecule has 3 rings (SSSR count). The first kappa shape index (κ1) is 16.5. The van der Waals surface area contributed by atoms with Gasteiger partial charge >= 0.3 is 0 Å². The van der Waals surface area contributed by atoms with Gasteiger partial charge in [0.2, 0.25) is 0 Å². The number of methoxy groups -OCH3 is 1. The van der Waals surface area contributed by atoms with Gasteiger partial charge in [0.1, 0.15) is 0 Å². The van der Waals surface area contributed by atoms with Crippen molar-refractivity contribution in [2.45, 2.75) is 6.92 Å². The number of phenols is 1. The van der Waals surface area contributed by atoms with E-state index in [4.69, 9.17) is 4.74 Å². The zero-order valence-corrected chi connectivity index (χ0v) is 14.0. The van der Waals surface area contributed by atoms with E-state index in [1.165, 1.54) is 12.1 Å². The lowest BCUT2D eigenvalue weighted by Crippen LogP contribution is -2.21. The van der Waals surface area contributed by atoms with Crippen molar-refractivity contribution in [2.24, 2.45) is 5.10 Å². The lowest BCUT2D eigenvalue weighted by atomic mass is 10.1. The third-order valence-electron chi connectivity index (χ3n) is 3.82. The highest BCUT2D eigenvalue weighted by Gasteiger charge is 2.27. The van der Waals surface area contributed by atoms with Gasteiger partial charge in [-0.2, -0.15) is 10.1 Å². The molecule has 5 heteroatoms. The largest absolute Gasteiger partial charge is 0.504 e. The zero-order chi connectivity index (χ0) is 17.8. The van der Waals surface area contributed by atoms with Crippen LogP contribution in [0.25, 0.3) is 6.08 Å². The van der Waals surface area contributed by atoms with Crippen molar-refractivity contribution >= 4 is 23.4 Å². The number of rotatable bonds is 4. The van der Waals surface area contributed by atoms with Crippen molar-refractivity contribution in [2.75, 3.05) is 12.1 Å². The van der Waals surface area contributed by atoms with Gasteiger partial charge in [0.25, 0.3) is 5.91 Å². The molecule has 0 spiro atoms. The maximum Gasteiger partial charge on any atom is 0.280 e. The second kappa shape index (κ2) is 7.05. The summed E-state index contributed by atoms with van der Waals surface area (Å²) >= 11 is 0. The van der Waals surface area contributed by atoms with Gasteiger partial charge in [0.05, 0.1) is 24.1 Å². The standard InChI is InChI=1S/C20H18N2O3/c1-14-17(20(24)22(21-14)16-8-4-3-5-9-16)10-6-7-15-11-12-18(23)19(13-15)25-2/h3-13,23H,1-2H3. The molecule has 1 aliphatic rings. The fraction of sp³-hybridized carbons (Fsp3) is 0.100. The van der Waals surface area contributed by atoms with Crippen LogP contribution in [0, 0.1) is 0 Å². The van der Waals surface area contributed by atoms with Crippen molar-refractivity contribution < 1.29 is 14.6 Å². The Bertz CT molecular complexity index is 883. The number of allylic oxidation sites excluding steroid dienone is 2. The van der Waals surface area contributed by atoms with Gasteiger partial charge in [-0.05, 0) is 42.8 Å². The molecule has 1 heterocycles. The number of aromatic hydroxyl groups is 1. The van der Waals surface area contributed by atoms with E-state index in [2.05, 4.69) is 5.10 Å². The predicted molar refractivity (Wildman–Crippen MR) is 98.8 cm³/mol. The van der Waals surface area contributed by atoms with Crippen molar-refractivity contribution in [3.8, 4) is 11.5 Å². The Morgan fingerprint density at radius 2 is 1.92 bits per heavy atom. The molecule has 25 heavy (non-hydrogen) atoms. The third kappa shape index (κ3) is 3.45. The summed E-state index contributed by atoms with van der Waals surface area (Å²) in [6, 6.07) is 14.4. The number of para-hydroxylation sites is 1. The average Bonchev–Trinajstić information content (AvgIpc) is 2.92. The summed E-state index contributed by atoms with van der Waals surface area (Å²) in [7, 11) is 1.50. The van der Waals surface area contributed by atoms with Crippen LogP contribution in [-0.2, 0) is 4.79 Å². The topological polar surface area (TPSA) is 62.1 Å². The fourth-order valence-electron chi connectivity index (χ4n) is 2.51. The number of amides is 1. The number of carbonyl (C=O) groups excluding carboxylic acids is 1. The van der Waals surface area contributed by atoms with Gasteiger partial charge < -0.3 is 9.84 Å². The lowest BCUT2D eigenvalue weighted by molar-refractivity contribution is -0.114. The normalized spacial score (nSPS) is 15.9. The molecule has 0 bridgehead atoms. The van der Waals surface area contributed by atoms with Crippen LogP contribution >= 0.6 is 0 Å². The molecule has 1 amide bonds. The minimum Gasteiger partial charge on any atom is -0.504 e. The second-order valence-corrected chi connectivity index (χ2v) is 5.51. The predicted octanol–water partition coefficient (Wildman–Crippen LogP) is 3.76. The first-order chi connectivity index (χ1) is 12.1. The monoisotopic (exact) mass is 334 g/mol. The van der Waals surface area contributed by atoms with Crippen LogP contribution in [0.4, 0.5) is 5.69 Å². The maximum atomic E-state index is 12.6. The SMILES string of the molecule is COc1cc(C=CC=C2C(=O)N(c3ccccc3)N=C2C)ccc1O. The summed E-state index contributed by atoms with van der Waals surface area (Å²) in [5.41, 5.74) is 2.81. The number of hydrazone groups is 1. The molecule has 0 aliphatic carbocycles. The Labute approximate surface area is 146 Å². The smallest absolute Gasteiger partial charge is 0.280 e. The first-order valence-electron chi connectivity index (χ1n) is 7.80. The van der Waals surface area contributed by atoms with Gasteiger partial charge in [-0.25, -0.2) is 0 Å². The highest BCUT2D eigenvalue weighted by Crippen LogP contribution is 2.27. The van der Waals surface area contributed by atoms with Crippen LogP contribution in [0.2, 0.25) is 0 Å². The molecule has 0 fully saturated rings. The Hall–Kier alpha value is -3.34. The summed E-state index contributed by atoms with van der Waals surface area (Å²) < 4.78 is 5.08. The lowest BCUT2D eigenvalue weighted by Gasteiger charge is -2.10. The van der Waals surface area contributed by atoms with Crippen LogP contribution in [-0.4, -0.2) is 23.8 Å². The minimum atomic E-state index is -0.156. The quantitative estimate of drug-likeness (QED) is 0.866. The summed E-state index contributed by atoms with van der Waals surface area (Å²) in [6.07, 6.45) is 5.36. The van der Waals surface area contributed by atoms with E-state index in [0.717, 1.165) is 11.3 Å². The van der Waals surface area contributed by atoms with E-state index >= 15 is 0 Å². The second-order valence-electron chi connectivity index (χ2n) is 5.51. The van der Waals surface area contributed by atoms with E-state index in [1.54, 1.807) is 30.4 Å². The molecule has 0 radical (unpaired) electrons. The van der Waals surface area contributed by atoms with Crippen LogP contribution in [0.15, 0.2) is 71.4 Å². The summed E-state index contributed by atoms with van der Waals surface area (Å²) in [5.74, 6) is 0.335. The number of nitrogens with zero attached hydrogens (tertiary/aromatic N) is 2. The highest BCUT2D eigenvalue weighted by molar-refractivity contribution is 6.29. The minimum absolute atomic E-state index is 0.0884. The van der Waals surface area contributed by atoms with Crippen molar-refractivity contribution in [3.63, 3.8) is 0 Å². The molecule has 5 nitrogen and oxygen atoms in total. The summed E-state index contributed by atoms with van der Waals surface area (Å²) in [5, 5.41) is 15.3. The molecule has 126 valence electrons. The molecular formula is C20H18N2O3. The zero-order valence-electron chi connectivity index (χ0n) is 14.0. The summed E-state index contributed by atoms with van der Waals surface area (Å²) in [4.78, 5) is 12.6. The Morgan fingerprint density at radius 3 is 2.64 bits per heavy atom. The molecule has 0 saturated carbocycles. The van der Waals surface area contributed by atoms with Crippen LogP contribution in [0.3, 0.4) is 0 Å². The first-order valence-corrected chi connectivity index (χ1v) is 7.80. The number of anilines is 1. The van der Waals surface area contributed by atoms with Gasteiger partial charge in [-0.3, -0.25) is 4.79 Å². The van der Waals surface area contributed by atoms with Crippen LogP contribution in [0.1, 0.15) is 12.5 Å². The van der Waals surface area contributed by atoms with Gasteiger partial charge in [-0.1, -0.05) is 36.4 Å². The highest BCUT2D eigenvalue weighted by atomic mass is 16.5. The summed E-state index contributed by atoms with van der Waals surface area (Å²) in [6.45, 7) is 1.81. The van der Waals surface area contributed by atoms with Gasteiger partial charge in [-0.15, -0.1) is 0 Å². The number of hydrogen-bond donors (Lipinski definition) is 1. The Balaban J connectivity index is 1.80. The van der Waals surface area contributed by atoms with Crippen molar-refractivity contribution in [3.05, 3.63) is 71.8 Å². The number of phenolic OH excluding ortho intramolecular Hbond substituents is 1. The average molecular weight is 334 g/mol. The van der Waals surface area contributed by atoms with Crippen molar-refractivity contribution in [1.82, 2.24) is 0 Å². The molecular weight excluding hydrogens is 316 g/mol. The Morgan fingerprint density at radius 1 is 1.16 bits per heavy atom. The Kier molecular flexibility index (Phi) is 4.66. The van der Waals surface area contributed by atoms with E-state index < -0.39 is 0 Å². The molecule has 0 unspecified atom stereocenters. The molecule has 0 atom stereocenters. The van der Waals surface area contributed by atoms with E-state index in [1.807, 2.05) is 43.3 Å². The van der Waals surface area contributed by atoms with Gasteiger partial charge in [0, 0.05) is 0 Å². The van der Waals surface area contributed by atoms with Gasteiger partial charge in [0.15, 0.2) is 11.5 Å².